The molecule has 0 spiro atoms. The molecule has 4 aromatic rings. The third kappa shape index (κ3) is 3.83. The summed E-state index contributed by atoms with van der Waals surface area (Å²) in [6.07, 6.45) is 1.59. The van der Waals surface area contributed by atoms with E-state index in [9.17, 15) is 8.60 Å². The van der Waals surface area contributed by atoms with Crippen LogP contribution < -0.4 is 9.46 Å². The minimum absolute atomic E-state index is 0.261. The second-order valence-electron chi connectivity index (χ2n) is 5.99. The van der Waals surface area contributed by atoms with E-state index in [4.69, 9.17) is 4.74 Å². The summed E-state index contributed by atoms with van der Waals surface area (Å²) in [5.41, 5.74) is 2.21. The molecule has 0 radical (unpaired) electrons. The first-order valence-electron chi connectivity index (χ1n) is 8.72. The Balaban J connectivity index is 1.71. The molecule has 3 heterocycles. The minimum Gasteiger partial charge on any atom is -0.480 e. The van der Waals surface area contributed by atoms with E-state index in [2.05, 4.69) is 36.8 Å². The van der Waals surface area contributed by atoms with Crippen LogP contribution in [0.2, 0.25) is 0 Å². The van der Waals surface area contributed by atoms with Crippen molar-refractivity contribution in [1.82, 2.24) is 24.8 Å². The average molecular weight is 422 g/mol. The van der Waals surface area contributed by atoms with Gasteiger partial charge in [-0.25, -0.2) is 13.6 Å². The van der Waals surface area contributed by atoms with E-state index in [1.807, 2.05) is 0 Å². The number of halogens is 1. The Morgan fingerprint density at radius 2 is 1.97 bits per heavy atom. The maximum absolute atomic E-state index is 13.1. The molecule has 0 aliphatic carbocycles. The Morgan fingerprint density at radius 3 is 2.70 bits per heavy atom. The zero-order valence-corrected chi connectivity index (χ0v) is 16.8. The summed E-state index contributed by atoms with van der Waals surface area (Å²) in [6.45, 7) is 1.71. The summed E-state index contributed by atoms with van der Waals surface area (Å²) in [5.74, 6) is 5.91. The van der Waals surface area contributed by atoms with Gasteiger partial charge in [-0.15, -0.1) is 10.2 Å². The van der Waals surface area contributed by atoms with Gasteiger partial charge in [0, 0.05) is 11.8 Å². The Labute approximate surface area is 173 Å². The van der Waals surface area contributed by atoms with Crippen LogP contribution in [0.1, 0.15) is 12.7 Å². The van der Waals surface area contributed by atoms with Crippen molar-refractivity contribution >= 4 is 22.3 Å². The number of ether oxygens (including phenoxy) is 1. The number of anilines is 1. The van der Waals surface area contributed by atoms with Crippen molar-refractivity contribution < 1.29 is 13.3 Å². The lowest BCUT2D eigenvalue weighted by molar-refractivity contribution is 0.400. The number of nitrogens with zero attached hydrogens (tertiary/aromatic N) is 5. The monoisotopic (exact) mass is 422 g/mol. The Bertz CT molecular complexity index is 1310. The molecule has 1 atom stereocenters. The lowest BCUT2D eigenvalue weighted by Gasteiger charge is -2.11. The number of hydrogen-bond donors (Lipinski definition) is 1. The van der Waals surface area contributed by atoms with Gasteiger partial charge in [-0.2, -0.15) is 9.61 Å². The molecule has 0 fully saturated rings. The number of rotatable bonds is 5. The molecular formula is C20H15FN6O2S. The molecule has 10 heteroatoms. The van der Waals surface area contributed by atoms with Crippen molar-refractivity contribution in [3.8, 4) is 29.0 Å². The normalized spacial score (nSPS) is 11.6. The largest absolute Gasteiger partial charge is 0.480 e. The summed E-state index contributed by atoms with van der Waals surface area (Å²) in [5, 5.41) is 12.6. The summed E-state index contributed by atoms with van der Waals surface area (Å²) in [4.78, 5) is 4.69. The van der Waals surface area contributed by atoms with E-state index >= 15 is 0 Å². The number of pyridine rings is 1. The molecule has 1 N–H and O–H groups in total. The number of fused-ring (bicyclic) bond motifs is 1. The van der Waals surface area contributed by atoms with Crippen LogP contribution in [0, 0.1) is 17.7 Å². The van der Waals surface area contributed by atoms with Gasteiger partial charge in [0.2, 0.25) is 11.7 Å². The summed E-state index contributed by atoms with van der Waals surface area (Å²) in [7, 11) is -0.178. The SMILES string of the molecule is CC#Cc1nnc2ccc(-c3cnc(OC)c(NS(=O)c4ccc(F)cc4)c3)nn12. The lowest BCUT2D eigenvalue weighted by Crippen LogP contribution is -2.07. The molecule has 0 saturated heterocycles. The van der Waals surface area contributed by atoms with Gasteiger partial charge in [0.1, 0.15) is 22.5 Å². The van der Waals surface area contributed by atoms with E-state index in [0.717, 1.165) is 0 Å². The summed E-state index contributed by atoms with van der Waals surface area (Å²) in [6, 6.07) is 10.6. The van der Waals surface area contributed by atoms with Crippen molar-refractivity contribution in [3.63, 3.8) is 0 Å². The van der Waals surface area contributed by atoms with Crippen LogP contribution in [-0.2, 0) is 11.0 Å². The predicted molar refractivity (Wildman–Crippen MR) is 110 cm³/mol. The van der Waals surface area contributed by atoms with E-state index in [1.165, 1.54) is 31.4 Å². The molecule has 1 unspecified atom stereocenters. The highest BCUT2D eigenvalue weighted by Gasteiger charge is 2.14. The zero-order valence-electron chi connectivity index (χ0n) is 16.0. The number of nitrogens with one attached hydrogen (secondary N) is 1. The van der Waals surface area contributed by atoms with E-state index < -0.39 is 16.8 Å². The number of benzene rings is 1. The maximum Gasteiger partial charge on any atom is 0.238 e. The van der Waals surface area contributed by atoms with Gasteiger partial charge in [0.25, 0.3) is 0 Å². The van der Waals surface area contributed by atoms with Crippen molar-refractivity contribution in [2.45, 2.75) is 11.8 Å². The van der Waals surface area contributed by atoms with Crippen LogP contribution in [0.25, 0.3) is 16.9 Å². The highest BCUT2D eigenvalue weighted by Crippen LogP contribution is 2.28. The van der Waals surface area contributed by atoms with Gasteiger partial charge in [-0.3, -0.25) is 4.72 Å². The molecule has 8 nitrogen and oxygen atoms in total. The third-order valence-corrected chi connectivity index (χ3v) is 5.18. The van der Waals surface area contributed by atoms with Crippen molar-refractivity contribution in [3.05, 3.63) is 60.3 Å². The molecule has 0 aliphatic rings. The Morgan fingerprint density at radius 1 is 1.17 bits per heavy atom. The van der Waals surface area contributed by atoms with E-state index in [0.29, 0.717) is 33.3 Å². The van der Waals surface area contributed by atoms with Crippen LogP contribution in [0.3, 0.4) is 0 Å². The zero-order chi connectivity index (χ0) is 21.1. The van der Waals surface area contributed by atoms with Gasteiger partial charge in [0.05, 0.1) is 17.7 Å². The average Bonchev–Trinajstić information content (AvgIpc) is 3.16. The molecule has 4 rings (SSSR count). The molecule has 1 aromatic carbocycles. The van der Waals surface area contributed by atoms with Crippen LogP contribution in [0.5, 0.6) is 5.88 Å². The second kappa shape index (κ2) is 8.26. The molecule has 0 saturated carbocycles. The topological polar surface area (TPSA) is 94.3 Å². The van der Waals surface area contributed by atoms with Gasteiger partial charge in [-0.1, -0.05) is 5.92 Å². The minimum atomic E-state index is -1.64. The molecule has 30 heavy (non-hydrogen) atoms. The van der Waals surface area contributed by atoms with Crippen LogP contribution in [0.4, 0.5) is 10.1 Å². The lowest BCUT2D eigenvalue weighted by atomic mass is 10.2. The van der Waals surface area contributed by atoms with Crippen LogP contribution in [-0.4, -0.2) is 36.1 Å². The van der Waals surface area contributed by atoms with Crippen molar-refractivity contribution in [2.75, 3.05) is 11.8 Å². The fraction of sp³-hybridized carbons (Fsp3) is 0.100. The number of hydrogen-bond acceptors (Lipinski definition) is 6. The molecule has 0 amide bonds. The molecule has 3 aromatic heterocycles. The quantitative estimate of drug-likeness (QED) is 0.497. The smallest absolute Gasteiger partial charge is 0.238 e. The summed E-state index contributed by atoms with van der Waals surface area (Å²) >= 11 is 0. The third-order valence-electron chi connectivity index (χ3n) is 4.07. The van der Waals surface area contributed by atoms with Gasteiger partial charge < -0.3 is 4.74 Å². The molecule has 150 valence electrons. The van der Waals surface area contributed by atoms with Crippen molar-refractivity contribution in [2.24, 2.45) is 0 Å². The highest BCUT2D eigenvalue weighted by atomic mass is 32.2. The number of methoxy groups -OCH3 is 1. The van der Waals surface area contributed by atoms with Crippen LogP contribution >= 0.6 is 0 Å². The fourth-order valence-corrected chi connectivity index (χ4v) is 3.52. The van der Waals surface area contributed by atoms with Gasteiger partial charge in [0.15, 0.2) is 5.65 Å². The molecular weight excluding hydrogens is 407 g/mol. The predicted octanol–water partition coefficient (Wildman–Crippen LogP) is 2.84. The van der Waals surface area contributed by atoms with Crippen molar-refractivity contribution in [1.29, 1.82) is 0 Å². The van der Waals surface area contributed by atoms with Gasteiger partial charge in [-0.05, 0) is 55.3 Å². The van der Waals surface area contributed by atoms with E-state index in [-0.39, 0.29) is 5.88 Å². The molecule has 0 aliphatic heterocycles. The van der Waals surface area contributed by atoms with Gasteiger partial charge >= 0.3 is 0 Å². The fourth-order valence-electron chi connectivity index (χ4n) is 2.68. The summed E-state index contributed by atoms with van der Waals surface area (Å²) < 4.78 is 35.4. The maximum atomic E-state index is 13.1. The first-order chi connectivity index (χ1) is 14.6. The first kappa shape index (κ1) is 19.5. The van der Waals surface area contributed by atoms with Crippen LogP contribution in [0.15, 0.2) is 53.6 Å². The molecule has 0 bridgehead atoms. The Hall–Kier alpha value is -3.84. The standard InChI is InChI=1S/C20H15FN6O2S/c1-3-4-18-23-24-19-10-9-16(25-27(18)19)13-11-17(20(29-2)22-12-13)26-30(28)15-7-5-14(21)6-8-15/h5-12,26H,1-2H3. The second-order valence-corrected chi connectivity index (χ2v) is 7.21. The highest BCUT2D eigenvalue weighted by molar-refractivity contribution is 7.86. The number of aromatic nitrogens is 5. The van der Waals surface area contributed by atoms with E-state index in [1.54, 1.807) is 35.8 Å². The first-order valence-corrected chi connectivity index (χ1v) is 9.87. The Kier molecular flexibility index (Phi) is 5.36.